The molecule has 2 aromatic carbocycles. The zero-order valence-electron chi connectivity index (χ0n) is 12.5. The summed E-state index contributed by atoms with van der Waals surface area (Å²) in [6.07, 6.45) is 0. The second-order valence-corrected chi connectivity index (χ2v) is 4.92. The van der Waals surface area contributed by atoms with E-state index < -0.39 is 11.8 Å². The number of hydrogen-bond donors (Lipinski definition) is 2. The molecule has 1 aliphatic rings. The fraction of sp³-hybridized carbons (Fsp3) is 0.118. The fourth-order valence-corrected chi connectivity index (χ4v) is 2.18. The van der Waals surface area contributed by atoms with E-state index in [-0.39, 0.29) is 11.3 Å². The quantitative estimate of drug-likeness (QED) is 0.822. The van der Waals surface area contributed by atoms with Crippen LogP contribution in [0.1, 0.15) is 5.56 Å². The highest BCUT2D eigenvalue weighted by Crippen LogP contribution is 2.32. The number of hydrogen-bond acceptors (Lipinski definition) is 5. The molecule has 2 amide bonds. The van der Waals surface area contributed by atoms with Crippen LogP contribution in [-0.2, 0) is 9.59 Å². The number of amides is 2. The first-order valence-electron chi connectivity index (χ1n) is 7.18. The summed E-state index contributed by atoms with van der Waals surface area (Å²) in [6.45, 7) is 0.898. The summed E-state index contributed by atoms with van der Waals surface area (Å²) < 4.78 is 10.8. The highest BCUT2D eigenvalue weighted by atomic mass is 16.6. The van der Waals surface area contributed by atoms with Gasteiger partial charge in [-0.25, -0.2) is 0 Å². The van der Waals surface area contributed by atoms with E-state index in [4.69, 9.17) is 14.7 Å². The predicted molar refractivity (Wildman–Crippen MR) is 85.8 cm³/mol. The number of anilines is 2. The van der Waals surface area contributed by atoms with Crippen LogP contribution in [0.3, 0.4) is 0 Å². The van der Waals surface area contributed by atoms with Gasteiger partial charge in [-0.15, -0.1) is 0 Å². The van der Waals surface area contributed by atoms with E-state index in [1.807, 2.05) is 6.07 Å². The van der Waals surface area contributed by atoms with Crippen LogP contribution in [0.15, 0.2) is 42.5 Å². The van der Waals surface area contributed by atoms with Gasteiger partial charge < -0.3 is 20.1 Å². The van der Waals surface area contributed by atoms with Crippen molar-refractivity contribution in [1.82, 2.24) is 0 Å². The van der Waals surface area contributed by atoms with Crippen molar-refractivity contribution in [2.24, 2.45) is 0 Å². The molecule has 120 valence electrons. The third kappa shape index (κ3) is 3.28. The second-order valence-electron chi connectivity index (χ2n) is 4.92. The summed E-state index contributed by atoms with van der Waals surface area (Å²) in [4.78, 5) is 24.0. The molecule has 7 nitrogen and oxygen atoms in total. The normalized spacial score (nSPS) is 12.0. The molecule has 3 rings (SSSR count). The van der Waals surface area contributed by atoms with Gasteiger partial charge in [0.25, 0.3) is 0 Å². The van der Waals surface area contributed by atoms with Crippen molar-refractivity contribution >= 4 is 23.2 Å². The van der Waals surface area contributed by atoms with Gasteiger partial charge in [0.2, 0.25) is 0 Å². The second kappa shape index (κ2) is 6.71. The number of nitrogens with one attached hydrogen (secondary N) is 2. The number of nitriles is 1. The third-order valence-corrected chi connectivity index (χ3v) is 3.30. The van der Waals surface area contributed by atoms with Gasteiger partial charge in [-0.2, -0.15) is 5.26 Å². The number of carbonyl (C=O) groups excluding carboxylic acids is 2. The average molecular weight is 323 g/mol. The van der Waals surface area contributed by atoms with E-state index in [2.05, 4.69) is 10.6 Å². The lowest BCUT2D eigenvalue weighted by atomic mass is 10.2. The Morgan fingerprint density at radius 1 is 0.958 bits per heavy atom. The lowest BCUT2D eigenvalue weighted by Gasteiger charge is -2.18. The van der Waals surface area contributed by atoms with E-state index in [9.17, 15) is 9.59 Å². The smallest absolute Gasteiger partial charge is 0.314 e. The molecule has 0 bridgehead atoms. The minimum absolute atomic E-state index is 0.276. The molecule has 2 aromatic rings. The first kappa shape index (κ1) is 15.4. The summed E-state index contributed by atoms with van der Waals surface area (Å²) in [6, 6.07) is 13.2. The SMILES string of the molecule is N#Cc1ccccc1NC(=O)C(=O)Nc1ccc2c(c1)OCCO2. The van der Waals surface area contributed by atoms with Crippen LogP contribution in [0.25, 0.3) is 0 Å². The molecular weight excluding hydrogens is 310 g/mol. The first-order chi connectivity index (χ1) is 11.7. The Balaban J connectivity index is 1.68. The van der Waals surface area contributed by atoms with Crippen LogP contribution in [0.2, 0.25) is 0 Å². The fourth-order valence-electron chi connectivity index (χ4n) is 2.18. The Labute approximate surface area is 137 Å². The van der Waals surface area contributed by atoms with Crippen LogP contribution < -0.4 is 20.1 Å². The molecule has 24 heavy (non-hydrogen) atoms. The van der Waals surface area contributed by atoms with E-state index in [0.29, 0.717) is 30.4 Å². The minimum atomic E-state index is -0.868. The molecule has 0 atom stereocenters. The number of carbonyl (C=O) groups is 2. The van der Waals surface area contributed by atoms with E-state index in [1.165, 1.54) is 0 Å². The molecule has 0 fully saturated rings. The highest BCUT2D eigenvalue weighted by molar-refractivity contribution is 6.43. The Bertz CT molecular complexity index is 842. The van der Waals surface area contributed by atoms with Crippen LogP contribution in [0, 0.1) is 11.3 Å². The molecule has 1 aliphatic heterocycles. The maximum Gasteiger partial charge on any atom is 0.314 e. The van der Waals surface area contributed by atoms with Gasteiger partial charge in [0.15, 0.2) is 11.5 Å². The lowest BCUT2D eigenvalue weighted by Crippen LogP contribution is -2.29. The molecule has 0 aromatic heterocycles. The van der Waals surface area contributed by atoms with Crippen molar-refractivity contribution in [1.29, 1.82) is 5.26 Å². The molecule has 1 heterocycles. The van der Waals surface area contributed by atoms with Crippen molar-refractivity contribution < 1.29 is 19.1 Å². The van der Waals surface area contributed by atoms with Crippen molar-refractivity contribution in [2.75, 3.05) is 23.8 Å². The van der Waals surface area contributed by atoms with Gasteiger partial charge in [0.1, 0.15) is 19.3 Å². The molecule has 7 heteroatoms. The summed E-state index contributed by atoms with van der Waals surface area (Å²) in [5.41, 5.74) is 0.966. The molecule has 0 spiro atoms. The maximum absolute atomic E-state index is 12.0. The van der Waals surface area contributed by atoms with E-state index >= 15 is 0 Å². The predicted octanol–water partition coefficient (Wildman–Crippen LogP) is 1.91. The highest BCUT2D eigenvalue weighted by Gasteiger charge is 2.17. The van der Waals surface area contributed by atoms with Crippen molar-refractivity contribution in [2.45, 2.75) is 0 Å². The average Bonchev–Trinajstić information content (AvgIpc) is 2.62. The molecule has 0 saturated heterocycles. The number of ether oxygens (including phenoxy) is 2. The summed E-state index contributed by atoms with van der Waals surface area (Å²) in [7, 11) is 0. The molecular formula is C17H13N3O4. The van der Waals surface area contributed by atoms with Gasteiger partial charge in [0, 0.05) is 11.8 Å². The standard InChI is InChI=1S/C17H13N3O4/c18-10-11-3-1-2-4-13(11)20-17(22)16(21)19-12-5-6-14-15(9-12)24-8-7-23-14/h1-6,9H,7-8H2,(H,19,21)(H,20,22). The minimum Gasteiger partial charge on any atom is -0.486 e. The third-order valence-electron chi connectivity index (χ3n) is 3.30. The topological polar surface area (TPSA) is 100 Å². The Kier molecular flexibility index (Phi) is 4.29. The summed E-state index contributed by atoms with van der Waals surface area (Å²) in [5, 5.41) is 13.9. The summed E-state index contributed by atoms with van der Waals surface area (Å²) >= 11 is 0. The van der Waals surface area contributed by atoms with Crippen LogP contribution in [0.5, 0.6) is 11.5 Å². The molecule has 2 N–H and O–H groups in total. The van der Waals surface area contributed by atoms with Crippen LogP contribution in [-0.4, -0.2) is 25.0 Å². The number of fused-ring (bicyclic) bond motifs is 1. The summed E-state index contributed by atoms with van der Waals surface area (Å²) in [5.74, 6) is -0.618. The number of benzene rings is 2. The van der Waals surface area contributed by atoms with Crippen LogP contribution in [0.4, 0.5) is 11.4 Å². The monoisotopic (exact) mass is 323 g/mol. The van der Waals surface area contributed by atoms with Gasteiger partial charge >= 0.3 is 11.8 Å². The largest absolute Gasteiger partial charge is 0.486 e. The Hall–Kier alpha value is -3.53. The van der Waals surface area contributed by atoms with E-state index in [1.54, 1.807) is 42.5 Å². The molecule has 0 aliphatic carbocycles. The van der Waals surface area contributed by atoms with Gasteiger partial charge in [0.05, 0.1) is 11.3 Å². The zero-order chi connectivity index (χ0) is 16.9. The number of nitrogens with zero attached hydrogens (tertiary/aromatic N) is 1. The van der Waals surface area contributed by atoms with Crippen molar-refractivity contribution in [3.8, 4) is 17.6 Å². The van der Waals surface area contributed by atoms with Crippen molar-refractivity contribution in [3.05, 3.63) is 48.0 Å². The number of rotatable bonds is 2. The number of para-hydroxylation sites is 1. The van der Waals surface area contributed by atoms with Gasteiger partial charge in [-0.1, -0.05) is 12.1 Å². The first-order valence-corrected chi connectivity index (χ1v) is 7.18. The van der Waals surface area contributed by atoms with Crippen LogP contribution >= 0.6 is 0 Å². The van der Waals surface area contributed by atoms with Crippen molar-refractivity contribution in [3.63, 3.8) is 0 Å². The Morgan fingerprint density at radius 2 is 1.67 bits per heavy atom. The van der Waals surface area contributed by atoms with E-state index in [0.717, 1.165) is 0 Å². The lowest BCUT2D eigenvalue weighted by molar-refractivity contribution is -0.133. The molecule has 0 saturated carbocycles. The maximum atomic E-state index is 12.0. The van der Waals surface area contributed by atoms with Gasteiger partial charge in [-0.05, 0) is 24.3 Å². The Morgan fingerprint density at radius 3 is 2.46 bits per heavy atom. The van der Waals surface area contributed by atoms with Gasteiger partial charge in [-0.3, -0.25) is 9.59 Å². The molecule has 0 unspecified atom stereocenters. The zero-order valence-corrected chi connectivity index (χ0v) is 12.5. The molecule has 0 radical (unpaired) electrons.